The molecule has 1 aliphatic heterocycles. The molecule has 0 fully saturated rings. The Morgan fingerprint density at radius 1 is 1.35 bits per heavy atom. The van der Waals surface area contributed by atoms with E-state index in [0.717, 1.165) is 0 Å². The highest BCUT2D eigenvalue weighted by molar-refractivity contribution is 7.94. The minimum Gasteiger partial charge on any atom is -0.465 e. The monoisotopic (exact) mass is 252 g/mol. The average molecular weight is 252 g/mol. The van der Waals surface area contributed by atoms with E-state index >= 15 is 0 Å². The van der Waals surface area contributed by atoms with Crippen LogP contribution < -0.4 is 0 Å². The van der Waals surface area contributed by atoms with Crippen molar-refractivity contribution < 1.29 is 17.9 Å². The van der Waals surface area contributed by atoms with Crippen LogP contribution in [0.5, 0.6) is 0 Å². The first kappa shape index (κ1) is 11.9. The largest absolute Gasteiger partial charge is 0.465 e. The van der Waals surface area contributed by atoms with Gasteiger partial charge in [0.15, 0.2) is 9.84 Å². The van der Waals surface area contributed by atoms with Crippen molar-refractivity contribution in [1.29, 1.82) is 0 Å². The van der Waals surface area contributed by atoms with Gasteiger partial charge in [0.05, 0.1) is 17.6 Å². The summed E-state index contributed by atoms with van der Waals surface area (Å²) in [4.78, 5) is 11.5. The van der Waals surface area contributed by atoms with E-state index in [4.69, 9.17) is 0 Å². The van der Waals surface area contributed by atoms with E-state index in [-0.39, 0.29) is 16.4 Å². The molecule has 0 amide bonds. The third kappa shape index (κ3) is 1.98. The zero-order chi connectivity index (χ0) is 12.6. The minimum absolute atomic E-state index is 0.0280. The number of fused-ring (bicyclic) bond motifs is 1. The quantitative estimate of drug-likeness (QED) is 0.716. The Bertz CT molecular complexity index is 599. The molecule has 1 atom stereocenters. The number of carbonyl (C=O) groups is 1. The average Bonchev–Trinajstić information content (AvgIpc) is 2.33. The number of carbonyl (C=O) groups excluding carboxylic acids is 1. The first-order valence-corrected chi connectivity index (χ1v) is 6.66. The summed E-state index contributed by atoms with van der Waals surface area (Å²) < 4.78 is 28.3. The summed E-state index contributed by atoms with van der Waals surface area (Å²) in [5, 5.41) is 1.18. The fraction of sp³-hybridized carbons (Fsp3) is 0.250. The zero-order valence-electron chi connectivity index (χ0n) is 9.51. The van der Waals surface area contributed by atoms with Gasteiger partial charge in [0.2, 0.25) is 0 Å². The number of hydrogen-bond acceptors (Lipinski definition) is 4. The lowest BCUT2D eigenvalue weighted by Crippen LogP contribution is -2.11. The minimum atomic E-state index is -3.43. The molecule has 0 bridgehead atoms. The van der Waals surface area contributed by atoms with Crippen LogP contribution >= 0.6 is 0 Å². The third-order valence-corrected chi connectivity index (χ3v) is 4.26. The summed E-state index contributed by atoms with van der Waals surface area (Å²) in [7, 11) is -2.16. The van der Waals surface area contributed by atoms with Crippen LogP contribution in [0.25, 0.3) is 0 Å². The predicted molar refractivity (Wildman–Crippen MR) is 62.5 cm³/mol. The van der Waals surface area contributed by atoms with Crippen LogP contribution in [0.4, 0.5) is 0 Å². The van der Waals surface area contributed by atoms with Crippen LogP contribution in [-0.4, -0.2) is 21.5 Å². The molecule has 1 aromatic rings. The van der Waals surface area contributed by atoms with Crippen LogP contribution in [0.1, 0.15) is 28.8 Å². The van der Waals surface area contributed by atoms with E-state index in [0.29, 0.717) is 5.56 Å². The molecule has 2 rings (SSSR count). The molecule has 0 aliphatic carbocycles. The molecule has 0 saturated carbocycles. The maximum Gasteiger partial charge on any atom is 0.337 e. The first-order chi connectivity index (χ1) is 7.95. The molecule has 0 radical (unpaired) electrons. The fourth-order valence-corrected chi connectivity index (χ4v) is 3.26. The van der Waals surface area contributed by atoms with Gasteiger partial charge in [-0.2, -0.15) is 0 Å². The van der Waals surface area contributed by atoms with Gasteiger partial charge in [-0.1, -0.05) is 19.1 Å². The van der Waals surface area contributed by atoms with Crippen molar-refractivity contribution >= 4 is 15.8 Å². The Balaban J connectivity index is 2.64. The Labute approximate surface area is 99.8 Å². The van der Waals surface area contributed by atoms with Crippen LogP contribution in [0.3, 0.4) is 0 Å². The molecule has 0 aromatic heterocycles. The van der Waals surface area contributed by atoms with Crippen molar-refractivity contribution in [1.82, 2.24) is 0 Å². The van der Waals surface area contributed by atoms with E-state index in [2.05, 4.69) is 4.74 Å². The van der Waals surface area contributed by atoms with Crippen molar-refractivity contribution in [2.45, 2.75) is 17.7 Å². The number of ether oxygens (including phenoxy) is 1. The molecular formula is C12H12O4S. The number of esters is 1. The Hall–Kier alpha value is -1.62. The fourth-order valence-electron chi connectivity index (χ4n) is 1.80. The first-order valence-electron chi connectivity index (χ1n) is 5.11. The van der Waals surface area contributed by atoms with Crippen molar-refractivity contribution in [2.75, 3.05) is 7.11 Å². The normalized spacial score (nSPS) is 20.7. The molecule has 0 N–H and O–H groups in total. The number of sulfone groups is 1. The topological polar surface area (TPSA) is 60.4 Å². The summed E-state index contributed by atoms with van der Waals surface area (Å²) >= 11 is 0. The summed E-state index contributed by atoms with van der Waals surface area (Å²) in [5.41, 5.74) is 0.956. The molecule has 4 nitrogen and oxygen atoms in total. The summed E-state index contributed by atoms with van der Waals surface area (Å²) in [6, 6.07) is 4.61. The van der Waals surface area contributed by atoms with E-state index in [1.54, 1.807) is 18.2 Å². The zero-order valence-corrected chi connectivity index (χ0v) is 10.3. The Morgan fingerprint density at radius 2 is 2.06 bits per heavy atom. The number of allylic oxidation sites excluding steroid dienone is 1. The second kappa shape index (κ2) is 4.00. The van der Waals surface area contributed by atoms with E-state index in [1.165, 1.54) is 18.6 Å². The lowest BCUT2D eigenvalue weighted by Gasteiger charge is -2.17. The molecule has 0 saturated heterocycles. The molecular weight excluding hydrogens is 240 g/mol. The van der Waals surface area contributed by atoms with Crippen LogP contribution in [-0.2, 0) is 14.6 Å². The Kier molecular flexibility index (Phi) is 2.79. The molecule has 1 heterocycles. The summed E-state index contributed by atoms with van der Waals surface area (Å²) in [6.45, 7) is 1.90. The molecule has 1 aromatic carbocycles. The van der Waals surface area contributed by atoms with E-state index in [9.17, 15) is 13.2 Å². The van der Waals surface area contributed by atoms with Crippen LogP contribution in [0, 0.1) is 0 Å². The molecule has 0 spiro atoms. The van der Waals surface area contributed by atoms with Gasteiger partial charge in [-0.25, -0.2) is 13.2 Å². The summed E-state index contributed by atoms with van der Waals surface area (Å²) in [6.07, 6.45) is 1.63. The molecule has 1 unspecified atom stereocenters. The van der Waals surface area contributed by atoms with Gasteiger partial charge in [-0.05, 0) is 17.7 Å². The van der Waals surface area contributed by atoms with Crippen molar-refractivity contribution in [2.24, 2.45) is 0 Å². The highest BCUT2D eigenvalue weighted by Gasteiger charge is 2.24. The smallest absolute Gasteiger partial charge is 0.337 e. The predicted octanol–water partition coefficient (Wildman–Crippen LogP) is 1.88. The molecule has 5 heteroatoms. The molecule has 17 heavy (non-hydrogen) atoms. The third-order valence-electron chi connectivity index (χ3n) is 2.78. The second-order valence-electron chi connectivity index (χ2n) is 3.91. The summed E-state index contributed by atoms with van der Waals surface area (Å²) in [5.74, 6) is -0.509. The lowest BCUT2D eigenvalue weighted by atomic mass is 9.99. The van der Waals surface area contributed by atoms with Gasteiger partial charge in [-0.15, -0.1) is 0 Å². The number of hydrogen-bond donors (Lipinski definition) is 0. The van der Waals surface area contributed by atoms with Crippen LogP contribution in [0.2, 0.25) is 0 Å². The van der Waals surface area contributed by atoms with E-state index in [1.807, 2.05) is 6.92 Å². The second-order valence-corrected chi connectivity index (χ2v) is 5.71. The number of rotatable bonds is 1. The molecule has 90 valence electrons. The maximum absolute atomic E-state index is 11.8. The number of methoxy groups -OCH3 is 1. The van der Waals surface area contributed by atoms with Gasteiger partial charge < -0.3 is 4.74 Å². The maximum atomic E-state index is 11.8. The Morgan fingerprint density at radius 3 is 2.71 bits per heavy atom. The SMILES string of the molecule is COC(=O)c1ccc2c(c1)S(=O)(=O)C=CC2C. The standard InChI is InChI=1S/C12H12O4S/c1-8-5-6-17(14,15)11-7-9(12(13)16-2)3-4-10(8)11/h3-8H,1-2H3. The van der Waals surface area contributed by atoms with Gasteiger partial charge >= 0.3 is 5.97 Å². The van der Waals surface area contributed by atoms with Gasteiger partial charge in [-0.3, -0.25) is 0 Å². The highest BCUT2D eigenvalue weighted by Crippen LogP contribution is 2.32. The van der Waals surface area contributed by atoms with Crippen molar-refractivity contribution in [3.8, 4) is 0 Å². The van der Waals surface area contributed by atoms with Gasteiger partial charge in [0.25, 0.3) is 0 Å². The van der Waals surface area contributed by atoms with Crippen molar-refractivity contribution in [3.63, 3.8) is 0 Å². The lowest BCUT2D eigenvalue weighted by molar-refractivity contribution is 0.0600. The molecule has 1 aliphatic rings. The number of benzene rings is 1. The van der Waals surface area contributed by atoms with Gasteiger partial charge in [0.1, 0.15) is 0 Å². The highest BCUT2D eigenvalue weighted by atomic mass is 32.2. The van der Waals surface area contributed by atoms with Crippen LogP contribution in [0.15, 0.2) is 34.6 Å². The van der Waals surface area contributed by atoms with Crippen molar-refractivity contribution in [3.05, 3.63) is 40.8 Å². The van der Waals surface area contributed by atoms with Gasteiger partial charge in [0, 0.05) is 11.3 Å². The van der Waals surface area contributed by atoms with E-state index < -0.39 is 15.8 Å².